The standard InChI is InChI=1S/C14H17N7O3/c1-14(2,3)11-12(22)20(15)13(19-17-11)18-16-8-9-4-6-10(7-5-9)21(23)24/h4-8H,15H2,1-3H3,(H,18,19)/b16-8+. The van der Waals surface area contributed by atoms with Crippen molar-refractivity contribution in [3.63, 3.8) is 0 Å². The maximum absolute atomic E-state index is 12.2. The number of hydrogen-bond donors (Lipinski definition) is 2. The van der Waals surface area contributed by atoms with Gasteiger partial charge in [-0.15, -0.1) is 10.2 Å². The molecule has 24 heavy (non-hydrogen) atoms. The SMILES string of the molecule is CC(C)(C)c1nnc(N/N=C/c2ccc([N+](=O)[O-])cc2)n(N)c1=O. The number of nitrogens with zero attached hydrogens (tertiary/aromatic N) is 5. The van der Waals surface area contributed by atoms with E-state index in [-0.39, 0.29) is 17.3 Å². The number of benzene rings is 1. The van der Waals surface area contributed by atoms with E-state index in [9.17, 15) is 14.9 Å². The summed E-state index contributed by atoms with van der Waals surface area (Å²) in [7, 11) is 0. The molecule has 0 atom stereocenters. The molecule has 0 spiro atoms. The summed E-state index contributed by atoms with van der Waals surface area (Å²) in [4.78, 5) is 22.2. The van der Waals surface area contributed by atoms with Gasteiger partial charge in [0.2, 0.25) is 0 Å². The van der Waals surface area contributed by atoms with Gasteiger partial charge in [0.05, 0.1) is 11.1 Å². The summed E-state index contributed by atoms with van der Waals surface area (Å²) in [6, 6.07) is 5.79. The van der Waals surface area contributed by atoms with Crippen LogP contribution in [-0.4, -0.2) is 26.0 Å². The van der Waals surface area contributed by atoms with Crippen LogP contribution >= 0.6 is 0 Å². The van der Waals surface area contributed by atoms with E-state index in [2.05, 4.69) is 20.7 Å². The highest BCUT2D eigenvalue weighted by Gasteiger charge is 2.22. The number of nitrogens with two attached hydrogens (primary N) is 1. The zero-order chi connectivity index (χ0) is 17.9. The minimum atomic E-state index is -0.487. The lowest BCUT2D eigenvalue weighted by molar-refractivity contribution is -0.384. The summed E-state index contributed by atoms with van der Waals surface area (Å²) < 4.78 is 0.834. The van der Waals surface area contributed by atoms with E-state index in [1.165, 1.54) is 30.5 Å². The lowest BCUT2D eigenvalue weighted by atomic mass is 9.93. The Kier molecular flexibility index (Phi) is 4.58. The van der Waals surface area contributed by atoms with Crippen molar-refractivity contribution >= 4 is 17.9 Å². The third-order valence-corrected chi connectivity index (χ3v) is 3.09. The van der Waals surface area contributed by atoms with Crippen LogP contribution in [-0.2, 0) is 5.41 Å². The molecule has 1 aromatic carbocycles. The second-order valence-corrected chi connectivity index (χ2v) is 6.02. The van der Waals surface area contributed by atoms with E-state index in [1.807, 2.05) is 20.8 Å². The fourth-order valence-electron chi connectivity index (χ4n) is 1.79. The van der Waals surface area contributed by atoms with Crippen LogP contribution in [0.25, 0.3) is 0 Å². The van der Waals surface area contributed by atoms with Gasteiger partial charge in [-0.05, 0) is 17.7 Å². The highest BCUT2D eigenvalue weighted by molar-refractivity contribution is 5.80. The van der Waals surface area contributed by atoms with Gasteiger partial charge < -0.3 is 5.84 Å². The van der Waals surface area contributed by atoms with E-state index in [4.69, 9.17) is 5.84 Å². The largest absolute Gasteiger partial charge is 0.333 e. The first kappa shape index (κ1) is 17.1. The molecule has 2 aromatic rings. The van der Waals surface area contributed by atoms with Crippen LogP contribution in [0, 0.1) is 10.1 Å². The van der Waals surface area contributed by atoms with Crippen molar-refractivity contribution in [1.29, 1.82) is 0 Å². The molecule has 0 aliphatic carbocycles. The number of hydrazone groups is 1. The first-order valence-electron chi connectivity index (χ1n) is 6.99. The molecule has 0 aliphatic rings. The molecule has 1 heterocycles. The molecule has 0 unspecified atom stereocenters. The van der Waals surface area contributed by atoms with E-state index in [0.717, 1.165) is 4.68 Å². The highest BCUT2D eigenvalue weighted by Crippen LogP contribution is 2.15. The maximum atomic E-state index is 12.2. The number of nitrogens with one attached hydrogen (secondary N) is 1. The molecule has 10 heteroatoms. The van der Waals surface area contributed by atoms with Gasteiger partial charge in [0.1, 0.15) is 5.69 Å². The molecule has 1 aromatic heterocycles. The fourth-order valence-corrected chi connectivity index (χ4v) is 1.79. The van der Waals surface area contributed by atoms with Gasteiger partial charge in [0.15, 0.2) is 0 Å². The number of nitro benzene ring substituents is 1. The predicted molar refractivity (Wildman–Crippen MR) is 89.5 cm³/mol. The Bertz CT molecular complexity index is 835. The molecular weight excluding hydrogens is 314 g/mol. The van der Waals surface area contributed by atoms with E-state index >= 15 is 0 Å². The van der Waals surface area contributed by atoms with Crippen molar-refractivity contribution in [2.24, 2.45) is 5.10 Å². The first-order chi connectivity index (χ1) is 11.2. The monoisotopic (exact) mass is 331 g/mol. The van der Waals surface area contributed by atoms with Crippen LogP contribution in [0.4, 0.5) is 11.6 Å². The lowest BCUT2D eigenvalue weighted by Gasteiger charge is -2.16. The van der Waals surface area contributed by atoms with Gasteiger partial charge in [-0.25, -0.2) is 5.43 Å². The van der Waals surface area contributed by atoms with Gasteiger partial charge >= 0.3 is 0 Å². The topological polar surface area (TPSA) is 141 Å². The minimum absolute atomic E-state index is 0.0143. The summed E-state index contributed by atoms with van der Waals surface area (Å²) in [5.41, 5.74) is 2.43. The van der Waals surface area contributed by atoms with Crippen LogP contribution in [0.1, 0.15) is 32.0 Å². The summed E-state index contributed by atoms with van der Waals surface area (Å²) >= 11 is 0. The molecular formula is C14H17N7O3. The smallest absolute Gasteiger partial charge is 0.295 e. The first-order valence-corrected chi connectivity index (χ1v) is 6.99. The Morgan fingerprint density at radius 1 is 1.29 bits per heavy atom. The zero-order valence-corrected chi connectivity index (χ0v) is 13.4. The number of aromatic nitrogens is 3. The van der Waals surface area contributed by atoms with Gasteiger partial charge in [-0.2, -0.15) is 9.78 Å². The number of hydrogen-bond acceptors (Lipinski definition) is 8. The van der Waals surface area contributed by atoms with Crippen molar-refractivity contribution in [2.45, 2.75) is 26.2 Å². The molecule has 10 nitrogen and oxygen atoms in total. The number of nitro groups is 1. The van der Waals surface area contributed by atoms with E-state index in [1.54, 1.807) is 0 Å². The van der Waals surface area contributed by atoms with E-state index in [0.29, 0.717) is 5.56 Å². The average molecular weight is 331 g/mol. The van der Waals surface area contributed by atoms with Crippen LogP contribution < -0.4 is 16.8 Å². The molecule has 2 rings (SSSR count). The molecule has 0 saturated carbocycles. The number of non-ortho nitro benzene ring substituents is 1. The highest BCUT2D eigenvalue weighted by atomic mass is 16.6. The van der Waals surface area contributed by atoms with Gasteiger partial charge in [-0.3, -0.25) is 14.9 Å². The number of rotatable bonds is 4. The lowest BCUT2D eigenvalue weighted by Crippen LogP contribution is -2.38. The summed E-state index contributed by atoms with van der Waals surface area (Å²) in [5.74, 6) is 5.68. The molecule has 0 radical (unpaired) electrons. The van der Waals surface area contributed by atoms with Crippen molar-refractivity contribution in [2.75, 3.05) is 11.3 Å². The molecule has 3 N–H and O–H groups in total. The Balaban J connectivity index is 2.16. The number of anilines is 1. The summed E-state index contributed by atoms with van der Waals surface area (Å²) in [6.45, 7) is 5.49. The maximum Gasteiger partial charge on any atom is 0.295 e. The van der Waals surface area contributed by atoms with Gasteiger partial charge in [0.25, 0.3) is 17.2 Å². The second kappa shape index (κ2) is 6.44. The van der Waals surface area contributed by atoms with Crippen molar-refractivity contribution in [3.05, 3.63) is 56.0 Å². The molecule has 0 bridgehead atoms. The van der Waals surface area contributed by atoms with Crippen LogP contribution in [0.5, 0.6) is 0 Å². The normalized spacial score (nSPS) is 11.6. The Labute approximate surface area is 137 Å². The second-order valence-electron chi connectivity index (χ2n) is 6.02. The Morgan fingerprint density at radius 3 is 2.46 bits per heavy atom. The molecule has 0 amide bonds. The number of nitrogen functional groups attached to an aromatic ring is 1. The van der Waals surface area contributed by atoms with Crippen LogP contribution in [0.3, 0.4) is 0 Å². The van der Waals surface area contributed by atoms with Gasteiger partial charge in [0, 0.05) is 17.5 Å². The molecule has 0 fully saturated rings. The average Bonchev–Trinajstić information content (AvgIpc) is 2.50. The van der Waals surface area contributed by atoms with Crippen molar-refractivity contribution < 1.29 is 4.92 Å². The molecule has 0 aliphatic heterocycles. The Hall–Kier alpha value is -3.30. The van der Waals surface area contributed by atoms with Gasteiger partial charge in [-0.1, -0.05) is 20.8 Å². The third-order valence-electron chi connectivity index (χ3n) is 3.09. The summed E-state index contributed by atoms with van der Waals surface area (Å²) in [6.07, 6.45) is 1.41. The fraction of sp³-hybridized carbons (Fsp3) is 0.286. The van der Waals surface area contributed by atoms with Crippen LogP contribution in [0.2, 0.25) is 0 Å². The third kappa shape index (κ3) is 3.72. The Morgan fingerprint density at radius 2 is 1.92 bits per heavy atom. The predicted octanol–water partition coefficient (Wildman–Crippen LogP) is 1.00. The van der Waals surface area contributed by atoms with E-state index < -0.39 is 15.9 Å². The molecule has 126 valence electrons. The van der Waals surface area contributed by atoms with Crippen molar-refractivity contribution in [1.82, 2.24) is 14.9 Å². The van der Waals surface area contributed by atoms with Crippen molar-refractivity contribution in [3.8, 4) is 0 Å². The molecule has 0 saturated heterocycles. The minimum Gasteiger partial charge on any atom is -0.333 e. The zero-order valence-electron chi connectivity index (χ0n) is 13.4. The van der Waals surface area contributed by atoms with Crippen LogP contribution in [0.15, 0.2) is 34.2 Å². The quantitative estimate of drug-likeness (QED) is 0.368. The summed E-state index contributed by atoms with van der Waals surface area (Å²) in [5, 5.41) is 22.2.